The van der Waals surface area contributed by atoms with Gasteiger partial charge in [-0.1, -0.05) is 0 Å². The van der Waals surface area contributed by atoms with Crippen LogP contribution in [0.5, 0.6) is 0 Å². The first-order valence-corrected chi connectivity index (χ1v) is 7.37. The SMILES string of the molecule is O=C(Nc1ccc2nc(-c3ccco3)[nH]c2c1)C1CCCN1. The topological polar surface area (TPSA) is 83.0 Å². The van der Waals surface area contributed by atoms with E-state index in [1.807, 2.05) is 30.3 Å². The molecule has 1 amide bonds. The molecule has 3 N–H and O–H groups in total. The Morgan fingerprint density at radius 1 is 1.36 bits per heavy atom. The number of amides is 1. The maximum Gasteiger partial charge on any atom is 0.241 e. The number of rotatable bonds is 3. The number of H-pyrrole nitrogens is 1. The van der Waals surface area contributed by atoms with E-state index < -0.39 is 0 Å². The number of furan rings is 1. The predicted molar refractivity (Wildman–Crippen MR) is 83.5 cm³/mol. The third-order valence-corrected chi connectivity index (χ3v) is 3.88. The van der Waals surface area contributed by atoms with Crippen molar-refractivity contribution in [2.75, 3.05) is 11.9 Å². The van der Waals surface area contributed by atoms with Gasteiger partial charge in [0.2, 0.25) is 5.91 Å². The monoisotopic (exact) mass is 296 g/mol. The number of anilines is 1. The molecule has 22 heavy (non-hydrogen) atoms. The molecule has 6 heteroatoms. The molecule has 0 saturated carbocycles. The molecule has 1 atom stereocenters. The zero-order valence-corrected chi connectivity index (χ0v) is 11.9. The smallest absolute Gasteiger partial charge is 0.241 e. The minimum atomic E-state index is -0.0869. The number of fused-ring (bicyclic) bond motifs is 1. The van der Waals surface area contributed by atoms with Gasteiger partial charge >= 0.3 is 0 Å². The van der Waals surface area contributed by atoms with Crippen molar-refractivity contribution in [3.8, 4) is 11.6 Å². The van der Waals surface area contributed by atoms with Crippen LogP contribution in [0, 0.1) is 0 Å². The number of benzene rings is 1. The minimum Gasteiger partial charge on any atom is -0.461 e. The zero-order chi connectivity index (χ0) is 14.9. The highest BCUT2D eigenvalue weighted by Crippen LogP contribution is 2.23. The van der Waals surface area contributed by atoms with Crippen LogP contribution in [0.3, 0.4) is 0 Å². The van der Waals surface area contributed by atoms with Gasteiger partial charge in [0.1, 0.15) is 0 Å². The highest BCUT2D eigenvalue weighted by molar-refractivity contribution is 5.96. The highest BCUT2D eigenvalue weighted by Gasteiger charge is 2.22. The largest absolute Gasteiger partial charge is 0.461 e. The second kappa shape index (κ2) is 5.31. The lowest BCUT2D eigenvalue weighted by molar-refractivity contribution is -0.117. The fourth-order valence-electron chi connectivity index (χ4n) is 2.76. The second-order valence-corrected chi connectivity index (χ2v) is 5.43. The molecule has 6 nitrogen and oxygen atoms in total. The average Bonchev–Trinajstić information content (AvgIpc) is 3.26. The van der Waals surface area contributed by atoms with E-state index in [0.29, 0.717) is 11.6 Å². The van der Waals surface area contributed by atoms with Crippen LogP contribution < -0.4 is 10.6 Å². The van der Waals surface area contributed by atoms with E-state index in [9.17, 15) is 4.79 Å². The van der Waals surface area contributed by atoms with E-state index in [1.54, 1.807) is 6.26 Å². The van der Waals surface area contributed by atoms with Crippen molar-refractivity contribution in [1.29, 1.82) is 0 Å². The van der Waals surface area contributed by atoms with Gasteiger partial charge in [0.15, 0.2) is 11.6 Å². The molecule has 1 unspecified atom stereocenters. The minimum absolute atomic E-state index is 0.0163. The van der Waals surface area contributed by atoms with Gasteiger partial charge < -0.3 is 20.0 Å². The van der Waals surface area contributed by atoms with Crippen molar-refractivity contribution >= 4 is 22.6 Å². The molecule has 1 aliphatic heterocycles. The molecule has 1 saturated heterocycles. The lowest BCUT2D eigenvalue weighted by Gasteiger charge is -2.10. The lowest BCUT2D eigenvalue weighted by Crippen LogP contribution is -2.35. The van der Waals surface area contributed by atoms with Gasteiger partial charge in [0.05, 0.1) is 23.3 Å². The molecule has 2 aromatic heterocycles. The Kier molecular flexibility index (Phi) is 3.16. The number of carbonyl (C=O) groups is 1. The fourth-order valence-corrected chi connectivity index (χ4v) is 2.76. The summed E-state index contributed by atoms with van der Waals surface area (Å²) in [6, 6.07) is 9.23. The Bertz CT molecular complexity index is 801. The van der Waals surface area contributed by atoms with Crippen LogP contribution >= 0.6 is 0 Å². The molecule has 1 fully saturated rings. The van der Waals surface area contributed by atoms with Crippen LogP contribution in [-0.2, 0) is 4.79 Å². The van der Waals surface area contributed by atoms with Gasteiger partial charge in [0.25, 0.3) is 0 Å². The van der Waals surface area contributed by atoms with Crippen LogP contribution in [0.4, 0.5) is 5.69 Å². The Hall–Kier alpha value is -2.60. The Balaban J connectivity index is 1.59. The van der Waals surface area contributed by atoms with Gasteiger partial charge in [-0.2, -0.15) is 0 Å². The quantitative estimate of drug-likeness (QED) is 0.693. The molecule has 0 bridgehead atoms. The Morgan fingerprint density at radius 2 is 2.32 bits per heavy atom. The van der Waals surface area contributed by atoms with Crippen LogP contribution in [0.2, 0.25) is 0 Å². The molecule has 3 heterocycles. The number of nitrogens with zero attached hydrogens (tertiary/aromatic N) is 1. The summed E-state index contributed by atoms with van der Waals surface area (Å²) in [5.41, 5.74) is 2.47. The molecule has 3 aromatic rings. The maximum atomic E-state index is 12.1. The van der Waals surface area contributed by atoms with Crippen molar-refractivity contribution in [3.63, 3.8) is 0 Å². The molecule has 112 valence electrons. The first-order chi connectivity index (χ1) is 10.8. The molecule has 1 aromatic carbocycles. The summed E-state index contributed by atoms with van der Waals surface area (Å²) in [7, 11) is 0. The first-order valence-electron chi connectivity index (χ1n) is 7.37. The zero-order valence-electron chi connectivity index (χ0n) is 11.9. The van der Waals surface area contributed by atoms with Gasteiger partial charge in [0, 0.05) is 5.69 Å². The molecule has 0 aliphatic carbocycles. The van der Waals surface area contributed by atoms with E-state index in [1.165, 1.54) is 0 Å². The predicted octanol–water partition coefficient (Wildman–Crippen LogP) is 2.51. The number of nitrogens with one attached hydrogen (secondary N) is 3. The lowest BCUT2D eigenvalue weighted by atomic mass is 10.2. The maximum absolute atomic E-state index is 12.1. The Labute approximate surface area is 126 Å². The summed E-state index contributed by atoms with van der Waals surface area (Å²) in [6.45, 7) is 0.907. The normalized spacial score (nSPS) is 17.9. The van der Waals surface area contributed by atoms with Crippen molar-refractivity contribution in [2.24, 2.45) is 0 Å². The van der Waals surface area contributed by atoms with E-state index in [-0.39, 0.29) is 11.9 Å². The number of carbonyl (C=O) groups excluding carboxylic acids is 1. The number of hydrogen-bond donors (Lipinski definition) is 3. The van der Waals surface area contributed by atoms with Crippen LogP contribution in [0.25, 0.3) is 22.6 Å². The van der Waals surface area contributed by atoms with E-state index in [0.717, 1.165) is 36.1 Å². The van der Waals surface area contributed by atoms with Crippen LogP contribution in [0.1, 0.15) is 12.8 Å². The second-order valence-electron chi connectivity index (χ2n) is 5.43. The van der Waals surface area contributed by atoms with Crippen molar-refractivity contribution in [2.45, 2.75) is 18.9 Å². The van der Waals surface area contributed by atoms with Gasteiger partial charge in [-0.25, -0.2) is 4.98 Å². The summed E-state index contributed by atoms with van der Waals surface area (Å²) in [4.78, 5) is 19.8. The summed E-state index contributed by atoms with van der Waals surface area (Å²) in [5, 5.41) is 6.14. The number of hydrogen-bond acceptors (Lipinski definition) is 4. The van der Waals surface area contributed by atoms with E-state index in [4.69, 9.17) is 4.42 Å². The van der Waals surface area contributed by atoms with E-state index in [2.05, 4.69) is 20.6 Å². The average molecular weight is 296 g/mol. The number of aromatic nitrogens is 2. The fraction of sp³-hybridized carbons (Fsp3) is 0.250. The van der Waals surface area contributed by atoms with Crippen LogP contribution in [0.15, 0.2) is 41.0 Å². The summed E-state index contributed by atoms with van der Waals surface area (Å²) in [5.74, 6) is 1.39. The van der Waals surface area contributed by atoms with Crippen molar-refractivity contribution in [3.05, 3.63) is 36.6 Å². The molecule has 4 rings (SSSR count). The molecular weight excluding hydrogens is 280 g/mol. The van der Waals surface area contributed by atoms with Gasteiger partial charge in [-0.3, -0.25) is 4.79 Å². The van der Waals surface area contributed by atoms with Crippen molar-refractivity contribution < 1.29 is 9.21 Å². The third-order valence-electron chi connectivity index (χ3n) is 3.88. The molecule has 1 aliphatic rings. The summed E-state index contributed by atoms with van der Waals surface area (Å²) < 4.78 is 5.34. The van der Waals surface area contributed by atoms with Gasteiger partial charge in [-0.15, -0.1) is 0 Å². The van der Waals surface area contributed by atoms with E-state index >= 15 is 0 Å². The molecule has 0 radical (unpaired) electrons. The van der Waals surface area contributed by atoms with Crippen LogP contribution in [-0.4, -0.2) is 28.5 Å². The highest BCUT2D eigenvalue weighted by atomic mass is 16.3. The molecular formula is C16H16N4O2. The summed E-state index contributed by atoms with van der Waals surface area (Å²) in [6.07, 6.45) is 3.55. The number of aromatic amines is 1. The third kappa shape index (κ3) is 2.37. The summed E-state index contributed by atoms with van der Waals surface area (Å²) >= 11 is 0. The molecule has 0 spiro atoms. The van der Waals surface area contributed by atoms with Crippen molar-refractivity contribution in [1.82, 2.24) is 15.3 Å². The van der Waals surface area contributed by atoms with Gasteiger partial charge in [-0.05, 0) is 49.7 Å². The number of imidazole rings is 1. The first kappa shape index (κ1) is 13.1. The standard InChI is InChI=1S/C16H16N4O2/c21-16(12-3-1-7-17-12)18-10-5-6-11-13(9-10)20-15(19-11)14-4-2-8-22-14/h2,4-6,8-9,12,17H,1,3,7H2,(H,18,21)(H,19,20). The Morgan fingerprint density at radius 3 is 3.09 bits per heavy atom.